The fourth-order valence-corrected chi connectivity index (χ4v) is 5.66. The minimum absolute atomic E-state index is 0.268. The molecule has 3 aromatic carbocycles. The van der Waals surface area contributed by atoms with Gasteiger partial charge in [-0.2, -0.15) is 0 Å². The van der Waals surface area contributed by atoms with Crippen LogP contribution in [0.3, 0.4) is 0 Å². The first-order valence-corrected chi connectivity index (χ1v) is 13.2. The van der Waals surface area contributed by atoms with E-state index in [2.05, 4.69) is 0 Å². The third-order valence-electron chi connectivity index (χ3n) is 7.49. The molecule has 6 nitrogen and oxygen atoms in total. The normalized spacial score (nSPS) is 15.2. The number of hydrogen-bond donors (Lipinski definition) is 0. The molecule has 0 aliphatic carbocycles. The van der Waals surface area contributed by atoms with Gasteiger partial charge in [-0.15, -0.1) is 0 Å². The van der Waals surface area contributed by atoms with E-state index in [4.69, 9.17) is 0 Å². The van der Waals surface area contributed by atoms with Crippen LogP contribution in [0.25, 0.3) is 11.6 Å². The summed E-state index contributed by atoms with van der Waals surface area (Å²) in [5, 5.41) is 0.630. The average Bonchev–Trinajstić information content (AvgIpc) is 2.92. The van der Waals surface area contributed by atoms with Crippen LogP contribution in [0.1, 0.15) is 63.7 Å². The van der Waals surface area contributed by atoms with E-state index < -0.39 is 23.6 Å². The molecule has 0 saturated heterocycles. The minimum Gasteiger partial charge on any atom is -0.269 e. The van der Waals surface area contributed by atoms with Crippen LogP contribution < -0.4 is 20.2 Å². The van der Waals surface area contributed by atoms with Gasteiger partial charge in [-0.25, -0.2) is 9.80 Å². The number of hydrogen-bond acceptors (Lipinski definition) is 4. The summed E-state index contributed by atoms with van der Waals surface area (Å²) in [4.78, 5) is 57.8. The van der Waals surface area contributed by atoms with Crippen LogP contribution >= 0.6 is 0 Å². The Balaban J connectivity index is 1.79. The number of carbonyl (C=O) groups excluding carboxylic acids is 4. The van der Waals surface area contributed by atoms with Crippen molar-refractivity contribution in [3.8, 4) is 0 Å². The second kappa shape index (κ2) is 9.95. The molecular weight excluding hydrogens is 488 g/mol. The Kier molecular flexibility index (Phi) is 6.64. The highest BCUT2D eigenvalue weighted by Gasteiger charge is 2.38. The summed E-state index contributed by atoms with van der Waals surface area (Å²) in [5.41, 5.74) is 5.39. The molecule has 2 aliphatic rings. The van der Waals surface area contributed by atoms with E-state index in [-0.39, 0.29) is 16.7 Å². The Hall–Kier alpha value is -4.58. The van der Waals surface area contributed by atoms with Gasteiger partial charge in [0.05, 0.1) is 11.4 Å². The zero-order chi connectivity index (χ0) is 28.0. The van der Waals surface area contributed by atoms with Crippen molar-refractivity contribution in [3.63, 3.8) is 0 Å². The van der Waals surface area contributed by atoms with Gasteiger partial charge in [0.2, 0.25) is 0 Å². The number of anilines is 2. The number of nitrogens with zero attached hydrogens (tertiary/aromatic N) is 2. The van der Waals surface area contributed by atoms with E-state index >= 15 is 0 Å². The first-order valence-electron chi connectivity index (χ1n) is 13.2. The lowest BCUT2D eigenvalue weighted by atomic mass is 9.91. The zero-order valence-corrected chi connectivity index (χ0v) is 22.8. The number of allylic oxidation sites excluding steroid dienone is 1. The Labute approximate surface area is 227 Å². The Bertz CT molecular complexity index is 1750. The molecule has 0 bridgehead atoms. The van der Waals surface area contributed by atoms with Gasteiger partial charge in [-0.1, -0.05) is 62.4 Å². The molecule has 0 unspecified atom stereocenters. The van der Waals surface area contributed by atoms with Crippen molar-refractivity contribution in [1.29, 1.82) is 0 Å². The SMILES string of the molecule is C/C=C\C1=c2c(ccc3c2=CC(=O)N(c2c(C)cccc2CC)C3=O)C(=O)N(c2c(C)cccc2CC)C1=O. The van der Waals surface area contributed by atoms with E-state index in [9.17, 15) is 19.2 Å². The van der Waals surface area contributed by atoms with Gasteiger partial charge in [-0.3, -0.25) is 19.2 Å². The highest BCUT2D eigenvalue weighted by atomic mass is 16.2. The predicted molar refractivity (Wildman–Crippen MR) is 153 cm³/mol. The van der Waals surface area contributed by atoms with Gasteiger partial charge in [0.1, 0.15) is 0 Å². The summed E-state index contributed by atoms with van der Waals surface area (Å²) in [7, 11) is 0. The third kappa shape index (κ3) is 3.95. The number of rotatable bonds is 5. The minimum atomic E-state index is -0.501. The lowest BCUT2D eigenvalue weighted by Gasteiger charge is -2.31. The average molecular weight is 519 g/mol. The lowest BCUT2D eigenvalue weighted by molar-refractivity contribution is -0.113. The highest BCUT2D eigenvalue weighted by molar-refractivity contribution is 6.39. The summed E-state index contributed by atoms with van der Waals surface area (Å²) in [5.74, 6) is -1.93. The van der Waals surface area contributed by atoms with Crippen LogP contribution in [0, 0.1) is 13.8 Å². The van der Waals surface area contributed by atoms with Gasteiger partial charge in [-0.05, 0) is 68.0 Å². The summed E-state index contributed by atoms with van der Waals surface area (Å²) >= 11 is 0. The molecular formula is C33H30N2O4. The van der Waals surface area contributed by atoms with Gasteiger partial charge in [0, 0.05) is 33.2 Å². The molecule has 0 fully saturated rings. The molecule has 4 amide bonds. The van der Waals surface area contributed by atoms with Crippen LogP contribution in [-0.4, -0.2) is 23.6 Å². The fraction of sp³-hybridized carbons (Fsp3) is 0.212. The van der Waals surface area contributed by atoms with Gasteiger partial charge in [0.15, 0.2) is 0 Å². The number of para-hydroxylation sites is 2. The number of amides is 4. The van der Waals surface area contributed by atoms with E-state index in [1.165, 1.54) is 15.9 Å². The van der Waals surface area contributed by atoms with Gasteiger partial charge < -0.3 is 0 Å². The zero-order valence-electron chi connectivity index (χ0n) is 22.8. The number of fused-ring (bicyclic) bond motifs is 3. The predicted octanol–water partition coefficient (Wildman–Crippen LogP) is 4.31. The van der Waals surface area contributed by atoms with Crippen molar-refractivity contribution in [2.45, 2.75) is 47.5 Å². The smallest absolute Gasteiger partial charge is 0.266 e. The lowest BCUT2D eigenvalue weighted by Crippen LogP contribution is -2.54. The Morgan fingerprint density at radius 3 is 1.79 bits per heavy atom. The summed E-state index contributed by atoms with van der Waals surface area (Å²) in [6, 6.07) is 14.6. The van der Waals surface area contributed by atoms with Crippen LogP contribution in [0.4, 0.5) is 11.4 Å². The fourth-order valence-electron chi connectivity index (χ4n) is 5.66. The van der Waals surface area contributed by atoms with Crippen molar-refractivity contribution in [2.24, 2.45) is 0 Å². The topological polar surface area (TPSA) is 74.8 Å². The number of carbonyl (C=O) groups is 4. The van der Waals surface area contributed by atoms with Crippen LogP contribution in [0.5, 0.6) is 0 Å². The Morgan fingerprint density at radius 2 is 1.23 bits per heavy atom. The van der Waals surface area contributed by atoms with Crippen LogP contribution in [0.15, 0.2) is 60.7 Å². The molecule has 2 aliphatic heterocycles. The second-order valence-corrected chi connectivity index (χ2v) is 9.80. The summed E-state index contributed by atoms with van der Waals surface area (Å²) < 4.78 is 0. The maximum Gasteiger partial charge on any atom is 0.266 e. The maximum absolute atomic E-state index is 14.0. The molecule has 196 valence electrons. The number of imide groups is 2. The molecule has 2 heterocycles. The number of aryl methyl sites for hydroxylation is 4. The van der Waals surface area contributed by atoms with Crippen molar-refractivity contribution in [3.05, 3.63) is 105 Å². The molecule has 0 aromatic heterocycles. The van der Waals surface area contributed by atoms with Gasteiger partial charge in [0.25, 0.3) is 23.6 Å². The van der Waals surface area contributed by atoms with Crippen molar-refractivity contribution in [1.82, 2.24) is 0 Å². The van der Waals surface area contributed by atoms with E-state index in [0.29, 0.717) is 34.7 Å². The molecule has 0 spiro atoms. The van der Waals surface area contributed by atoms with Crippen molar-refractivity contribution >= 4 is 46.7 Å². The van der Waals surface area contributed by atoms with E-state index in [1.54, 1.807) is 31.2 Å². The van der Waals surface area contributed by atoms with E-state index in [1.807, 2.05) is 64.1 Å². The Morgan fingerprint density at radius 1 is 0.692 bits per heavy atom. The molecule has 5 rings (SSSR count). The molecule has 0 radical (unpaired) electrons. The standard InChI is InChI=1S/C33H30N2O4/c1-6-11-24-28-25(33(39)35(32(24)38)30-20(5)13-10-15-22(30)8-3)17-16-23-26(28)18-27(36)34(31(23)37)29-19(4)12-9-14-21(29)7-2/h6,9-18H,7-8H2,1-5H3/b11-6-. The second-order valence-electron chi connectivity index (χ2n) is 9.80. The number of benzene rings is 3. The van der Waals surface area contributed by atoms with Gasteiger partial charge >= 0.3 is 0 Å². The van der Waals surface area contributed by atoms with Crippen molar-refractivity contribution < 1.29 is 19.2 Å². The monoisotopic (exact) mass is 518 g/mol. The third-order valence-corrected chi connectivity index (χ3v) is 7.49. The quantitative estimate of drug-likeness (QED) is 0.472. The van der Waals surface area contributed by atoms with Crippen molar-refractivity contribution in [2.75, 3.05) is 9.80 Å². The van der Waals surface area contributed by atoms with E-state index in [0.717, 1.165) is 22.3 Å². The largest absolute Gasteiger partial charge is 0.269 e. The molecule has 39 heavy (non-hydrogen) atoms. The molecule has 3 aromatic rings. The molecule has 0 N–H and O–H groups in total. The first-order chi connectivity index (χ1) is 18.7. The highest BCUT2D eigenvalue weighted by Crippen LogP contribution is 2.31. The van der Waals surface area contributed by atoms with Crippen LogP contribution in [0.2, 0.25) is 0 Å². The molecule has 6 heteroatoms. The molecule has 0 atom stereocenters. The summed E-state index contributed by atoms with van der Waals surface area (Å²) in [6.45, 7) is 9.49. The summed E-state index contributed by atoms with van der Waals surface area (Å²) in [6.07, 6.45) is 6.06. The maximum atomic E-state index is 14.0. The first kappa shape index (κ1) is 26.0. The van der Waals surface area contributed by atoms with Crippen LogP contribution in [-0.2, 0) is 22.4 Å². The molecule has 0 saturated carbocycles.